The van der Waals surface area contributed by atoms with Crippen LogP contribution < -0.4 is 10.1 Å². The molecule has 3 aromatic rings. The predicted octanol–water partition coefficient (Wildman–Crippen LogP) is 4.76. The van der Waals surface area contributed by atoms with Gasteiger partial charge in [0.25, 0.3) is 0 Å². The summed E-state index contributed by atoms with van der Waals surface area (Å²) in [6, 6.07) is 21.0. The van der Waals surface area contributed by atoms with Crippen molar-refractivity contribution in [3.63, 3.8) is 0 Å². The third kappa shape index (κ3) is 3.19. The van der Waals surface area contributed by atoms with E-state index >= 15 is 0 Å². The first-order valence-electron chi connectivity index (χ1n) is 8.66. The van der Waals surface area contributed by atoms with Gasteiger partial charge >= 0.3 is 6.09 Å². The fraction of sp³-hybridized carbons (Fsp3) is 0.136. The number of nitrogens with one attached hydrogen (secondary N) is 1. The van der Waals surface area contributed by atoms with E-state index in [0.717, 1.165) is 11.1 Å². The zero-order valence-corrected chi connectivity index (χ0v) is 14.8. The minimum atomic E-state index is -0.551. The molecular weight excluding hydrogens is 342 g/mol. The number of hydrogen-bond donors (Lipinski definition) is 2. The number of phenolic OH excluding ortho intramolecular Hbond substituents is 1. The highest BCUT2D eigenvalue weighted by Crippen LogP contribution is 2.44. The molecule has 0 unspecified atom stereocenters. The Morgan fingerprint density at radius 1 is 1.00 bits per heavy atom. The van der Waals surface area contributed by atoms with Gasteiger partial charge in [0, 0.05) is 17.7 Å². The molecule has 2 N–H and O–H groups in total. The van der Waals surface area contributed by atoms with Gasteiger partial charge in [-0.05, 0) is 34.4 Å². The van der Waals surface area contributed by atoms with Gasteiger partial charge in [0.1, 0.15) is 6.61 Å². The molecule has 1 aliphatic rings. The molecule has 136 valence electrons. The van der Waals surface area contributed by atoms with Crippen LogP contribution >= 0.6 is 0 Å². The molecule has 3 aromatic carbocycles. The molecule has 0 saturated carbocycles. The maximum absolute atomic E-state index is 12.2. The molecule has 5 heteroatoms. The summed E-state index contributed by atoms with van der Waals surface area (Å²) in [4.78, 5) is 12.2. The Bertz CT molecular complexity index is 954. The summed E-state index contributed by atoms with van der Waals surface area (Å²) in [6.45, 7) is 0.245. The number of phenols is 1. The second kappa shape index (κ2) is 7.03. The van der Waals surface area contributed by atoms with Gasteiger partial charge in [0.2, 0.25) is 0 Å². The first kappa shape index (κ1) is 17.0. The van der Waals surface area contributed by atoms with Crippen molar-refractivity contribution >= 4 is 11.8 Å². The first-order valence-corrected chi connectivity index (χ1v) is 8.66. The Kier molecular flexibility index (Phi) is 4.42. The highest BCUT2D eigenvalue weighted by Gasteiger charge is 2.28. The van der Waals surface area contributed by atoms with E-state index in [-0.39, 0.29) is 24.0 Å². The van der Waals surface area contributed by atoms with E-state index in [1.54, 1.807) is 6.07 Å². The lowest BCUT2D eigenvalue weighted by atomic mass is 9.98. The van der Waals surface area contributed by atoms with Crippen molar-refractivity contribution < 1.29 is 19.4 Å². The van der Waals surface area contributed by atoms with E-state index in [4.69, 9.17) is 9.47 Å². The van der Waals surface area contributed by atoms with E-state index in [1.165, 1.54) is 30.4 Å². The number of fused-ring (bicyclic) bond motifs is 3. The Morgan fingerprint density at radius 3 is 2.26 bits per heavy atom. The molecule has 0 aliphatic heterocycles. The lowest BCUT2D eigenvalue weighted by Crippen LogP contribution is -2.17. The average molecular weight is 361 g/mol. The molecule has 0 bridgehead atoms. The summed E-state index contributed by atoms with van der Waals surface area (Å²) in [6.07, 6.45) is -0.551. The van der Waals surface area contributed by atoms with Crippen LogP contribution in [0.15, 0.2) is 66.7 Å². The summed E-state index contributed by atoms with van der Waals surface area (Å²) in [7, 11) is 1.45. The second-order valence-electron chi connectivity index (χ2n) is 6.34. The van der Waals surface area contributed by atoms with E-state index in [0.29, 0.717) is 5.69 Å². The molecule has 4 rings (SSSR count). The molecule has 0 saturated heterocycles. The van der Waals surface area contributed by atoms with Crippen LogP contribution in [0.4, 0.5) is 10.5 Å². The van der Waals surface area contributed by atoms with Gasteiger partial charge < -0.3 is 14.6 Å². The quantitative estimate of drug-likeness (QED) is 0.657. The molecular formula is C22H19NO4. The van der Waals surface area contributed by atoms with E-state index in [2.05, 4.69) is 29.6 Å². The number of hydrogen-bond acceptors (Lipinski definition) is 4. The molecule has 0 atom stereocenters. The normalized spacial score (nSPS) is 12.2. The number of carbonyl (C=O) groups is 1. The lowest BCUT2D eigenvalue weighted by molar-refractivity contribution is 0.158. The topological polar surface area (TPSA) is 67.8 Å². The maximum Gasteiger partial charge on any atom is 0.411 e. The number of rotatable bonds is 4. The third-order valence-corrected chi connectivity index (χ3v) is 4.77. The fourth-order valence-electron chi connectivity index (χ4n) is 3.51. The smallest absolute Gasteiger partial charge is 0.411 e. The van der Waals surface area contributed by atoms with Crippen LogP contribution in [-0.2, 0) is 4.74 Å². The van der Waals surface area contributed by atoms with Crippen molar-refractivity contribution in [3.05, 3.63) is 77.9 Å². The van der Waals surface area contributed by atoms with Crippen LogP contribution in [0, 0.1) is 0 Å². The molecule has 1 amide bonds. The van der Waals surface area contributed by atoms with Gasteiger partial charge in [-0.1, -0.05) is 48.5 Å². The Labute approximate surface area is 157 Å². The van der Waals surface area contributed by atoms with Gasteiger partial charge in [0.05, 0.1) is 7.11 Å². The van der Waals surface area contributed by atoms with Gasteiger partial charge in [-0.2, -0.15) is 0 Å². The lowest BCUT2D eigenvalue weighted by Gasteiger charge is -2.15. The molecule has 0 aromatic heterocycles. The Hall–Kier alpha value is -3.47. The van der Waals surface area contributed by atoms with Crippen LogP contribution in [0.3, 0.4) is 0 Å². The van der Waals surface area contributed by atoms with Gasteiger partial charge in [0.15, 0.2) is 11.5 Å². The van der Waals surface area contributed by atoms with Crippen LogP contribution in [-0.4, -0.2) is 24.9 Å². The minimum absolute atomic E-state index is 0.00980. The molecule has 0 fully saturated rings. The standard InChI is InChI=1S/C22H19NO4/c1-26-21-12-14(10-11-20(21)24)23-22(25)27-13-19-17-8-4-2-6-15(17)16-7-3-5-9-18(16)19/h2-12,19,24H,13H2,1H3,(H,23,25). The zero-order chi connectivity index (χ0) is 18.8. The highest BCUT2D eigenvalue weighted by atomic mass is 16.5. The number of amides is 1. The largest absolute Gasteiger partial charge is 0.504 e. The SMILES string of the molecule is COc1cc(NC(=O)OCC2c3ccccc3-c3ccccc32)ccc1O. The Morgan fingerprint density at radius 2 is 1.63 bits per heavy atom. The molecule has 0 heterocycles. The summed E-state index contributed by atoms with van der Waals surface area (Å²) in [5, 5.41) is 12.3. The molecule has 1 aliphatic carbocycles. The number of carbonyl (C=O) groups excluding carboxylic acids is 1. The van der Waals surface area contributed by atoms with Crippen LogP contribution in [0.25, 0.3) is 11.1 Å². The van der Waals surface area contributed by atoms with E-state index < -0.39 is 6.09 Å². The molecule has 27 heavy (non-hydrogen) atoms. The Balaban J connectivity index is 1.48. The summed E-state index contributed by atoms with van der Waals surface area (Å²) in [5.41, 5.74) is 5.19. The molecule has 0 radical (unpaired) electrons. The first-order chi connectivity index (χ1) is 13.2. The van der Waals surface area contributed by atoms with Crippen molar-refractivity contribution in [1.82, 2.24) is 0 Å². The van der Waals surface area contributed by atoms with Crippen molar-refractivity contribution in [2.45, 2.75) is 5.92 Å². The number of anilines is 1. The number of methoxy groups -OCH3 is 1. The van der Waals surface area contributed by atoms with Gasteiger partial charge in [-0.25, -0.2) is 4.79 Å². The summed E-state index contributed by atoms with van der Waals surface area (Å²) >= 11 is 0. The second-order valence-corrected chi connectivity index (χ2v) is 6.34. The summed E-state index contributed by atoms with van der Waals surface area (Å²) in [5.74, 6) is 0.305. The van der Waals surface area contributed by atoms with Crippen molar-refractivity contribution in [1.29, 1.82) is 0 Å². The number of benzene rings is 3. The maximum atomic E-state index is 12.2. The zero-order valence-electron chi connectivity index (χ0n) is 14.8. The van der Waals surface area contributed by atoms with Crippen LogP contribution in [0.2, 0.25) is 0 Å². The fourth-order valence-corrected chi connectivity index (χ4v) is 3.51. The molecule has 5 nitrogen and oxygen atoms in total. The van der Waals surface area contributed by atoms with E-state index in [9.17, 15) is 9.90 Å². The van der Waals surface area contributed by atoms with Crippen molar-refractivity contribution in [2.75, 3.05) is 19.0 Å². The summed E-state index contributed by atoms with van der Waals surface area (Å²) < 4.78 is 10.5. The highest BCUT2D eigenvalue weighted by molar-refractivity contribution is 5.85. The number of ether oxygens (including phenoxy) is 2. The monoisotopic (exact) mass is 361 g/mol. The van der Waals surface area contributed by atoms with Gasteiger partial charge in [-0.15, -0.1) is 0 Å². The van der Waals surface area contributed by atoms with E-state index in [1.807, 2.05) is 24.3 Å². The molecule has 0 spiro atoms. The van der Waals surface area contributed by atoms with Crippen LogP contribution in [0.1, 0.15) is 17.0 Å². The average Bonchev–Trinajstić information content (AvgIpc) is 3.02. The van der Waals surface area contributed by atoms with Crippen molar-refractivity contribution in [2.24, 2.45) is 0 Å². The van der Waals surface area contributed by atoms with Crippen molar-refractivity contribution in [3.8, 4) is 22.6 Å². The predicted molar refractivity (Wildman–Crippen MR) is 103 cm³/mol. The third-order valence-electron chi connectivity index (χ3n) is 4.77. The van der Waals surface area contributed by atoms with Gasteiger partial charge in [-0.3, -0.25) is 5.32 Å². The number of aromatic hydroxyl groups is 1. The van der Waals surface area contributed by atoms with Crippen LogP contribution in [0.5, 0.6) is 11.5 Å². The minimum Gasteiger partial charge on any atom is -0.504 e.